The molecular formula is C32H35N3O6. The Bertz CT molecular complexity index is 1370. The lowest BCUT2D eigenvalue weighted by molar-refractivity contribution is -0.143. The van der Waals surface area contributed by atoms with Gasteiger partial charge in [-0.15, -0.1) is 0 Å². The molecule has 0 aromatic heterocycles. The summed E-state index contributed by atoms with van der Waals surface area (Å²) in [5, 5.41) is 23.1. The Labute approximate surface area is 239 Å². The highest BCUT2D eigenvalue weighted by atomic mass is 16.5. The molecule has 2 amide bonds. The van der Waals surface area contributed by atoms with E-state index in [2.05, 4.69) is 10.2 Å². The van der Waals surface area contributed by atoms with Crippen molar-refractivity contribution in [3.63, 3.8) is 0 Å². The predicted molar refractivity (Wildman–Crippen MR) is 153 cm³/mol. The number of nitrogens with one attached hydrogen (secondary N) is 1. The molecule has 0 radical (unpaired) electrons. The molecule has 0 saturated carbocycles. The Morgan fingerprint density at radius 3 is 2.24 bits per heavy atom. The Kier molecular flexibility index (Phi) is 8.37. The lowest BCUT2D eigenvalue weighted by Crippen LogP contribution is -2.53. The molecule has 214 valence electrons. The number of aliphatic carboxylic acids is 1. The van der Waals surface area contributed by atoms with Gasteiger partial charge in [0.1, 0.15) is 12.6 Å². The maximum absolute atomic E-state index is 13.3. The van der Waals surface area contributed by atoms with Gasteiger partial charge in [-0.1, -0.05) is 78.9 Å². The summed E-state index contributed by atoms with van der Waals surface area (Å²) < 4.78 is 5.54. The number of hydrogen-bond acceptors (Lipinski definition) is 6. The first kappa shape index (κ1) is 28.3. The number of amides is 2. The van der Waals surface area contributed by atoms with Gasteiger partial charge >= 0.3 is 12.1 Å². The topological polar surface area (TPSA) is 119 Å². The molecule has 1 aliphatic heterocycles. The smallest absolute Gasteiger partial charge is 0.407 e. The first-order valence-electron chi connectivity index (χ1n) is 13.8. The van der Waals surface area contributed by atoms with Crippen molar-refractivity contribution in [2.45, 2.75) is 36.9 Å². The molecule has 1 aliphatic carbocycles. The summed E-state index contributed by atoms with van der Waals surface area (Å²) >= 11 is 0. The van der Waals surface area contributed by atoms with Gasteiger partial charge < -0.3 is 25.2 Å². The van der Waals surface area contributed by atoms with Crippen molar-refractivity contribution >= 4 is 18.0 Å². The second-order valence-corrected chi connectivity index (χ2v) is 11.0. The summed E-state index contributed by atoms with van der Waals surface area (Å²) in [6.45, 7) is 1.79. The number of hydrogen-bond donors (Lipinski definition) is 3. The zero-order chi connectivity index (χ0) is 29.0. The number of likely N-dealkylation sites (tertiary alicyclic amines) is 1. The molecule has 2 atom stereocenters. The van der Waals surface area contributed by atoms with Crippen molar-refractivity contribution in [1.82, 2.24) is 15.1 Å². The number of likely N-dealkylation sites (N-methyl/N-ethyl adjacent to an activating group) is 1. The van der Waals surface area contributed by atoms with Crippen molar-refractivity contribution < 1.29 is 29.3 Å². The molecule has 0 bridgehead atoms. The lowest BCUT2D eigenvalue weighted by Gasteiger charge is -2.31. The summed E-state index contributed by atoms with van der Waals surface area (Å²) in [7, 11) is 1.51. The summed E-state index contributed by atoms with van der Waals surface area (Å²) in [6.07, 6.45) is -0.999. The van der Waals surface area contributed by atoms with E-state index in [0.29, 0.717) is 26.1 Å². The van der Waals surface area contributed by atoms with Crippen molar-refractivity contribution in [3.05, 3.63) is 95.6 Å². The van der Waals surface area contributed by atoms with Crippen LogP contribution in [0.3, 0.4) is 0 Å². The van der Waals surface area contributed by atoms with Gasteiger partial charge in [-0.2, -0.15) is 0 Å². The standard InChI is InChI=1S/C32H35N3O6/c1-34(20-32(40)15-16-35(21-32)18-22-9-3-2-4-10-22)30(38)28(17-29(36)37)33-31(39)41-19-27-25-13-7-5-11-23(25)24-12-6-8-14-26(24)27/h2-14,27-28,40H,15-21H2,1H3,(H,33,39)(H,36,37). The van der Waals surface area contributed by atoms with E-state index in [1.165, 1.54) is 11.9 Å². The second-order valence-electron chi connectivity index (χ2n) is 11.0. The highest BCUT2D eigenvalue weighted by Gasteiger charge is 2.39. The minimum absolute atomic E-state index is 0.0135. The number of carbonyl (C=O) groups excluding carboxylic acids is 2. The Hall–Kier alpha value is -4.21. The first-order valence-corrected chi connectivity index (χ1v) is 13.8. The Morgan fingerprint density at radius 2 is 1.61 bits per heavy atom. The van der Waals surface area contributed by atoms with Crippen LogP contribution in [0.5, 0.6) is 0 Å². The van der Waals surface area contributed by atoms with Crippen LogP contribution in [0, 0.1) is 0 Å². The highest BCUT2D eigenvalue weighted by molar-refractivity contribution is 5.89. The molecule has 0 spiro atoms. The summed E-state index contributed by atoms with van der Waals surface area (Å²) in [4.78, 5) is 41.1. The number of aliphatic hydroxyl groups is 1. The number of alkyl carbamates (subject to hydrolysis) is 1. The molecule has 9 nitrogen and oxygen atoms in total. The fourth-order valence-corrected chi connectivity index (χ4v) is 5.99. The van der Waals surface area contributed by atoms with Crippen LogP contribution in [0.15, 0.2) is 78.9 Å². The van der Waals surface area contributed by atoms with Crippen molar-refractivity contribution in [3.8, 4) is 11.1 Å². The number of ether oxygens (including phenoxy) is 1. The molecule has 9 heteroatoms. The molecule has 3 N–H and O–H groups in total. The first-order chi connectivity index (χ1) is 19.7. The quantitative estimate of drug-likeness (QED) is 0.349. The number of β-amino-alcohol motifs (C(OH)–C–C–N with tert-alkyl or cyclic N) is 1. The molecule has 5 rings (SSSR count). The predicted octanol–water partition coefficient (Wildman–Crippen LogP) is 3.46. The third-order valence-electron chi connectivity index (χ3n) is 7.88. The zero-order valence-electron chi connectivity index (χ0n) is 23.0. The van der Waals surface area contributed by atoms with Gasteiger partial charge in [0.05, 0.1) is 18.6 Å². The Morgan fingerprint density at radius 1 is 1.00 bits per heavy atom. The average molecular weight is 558 g/mol. The van der Waals surface area contributed by atoms with Crippen LogP contribution in [-0.4, -0.2) is 82.9 Å². The van der Waals surface area contributed by atoms with Crippen LogP contribution >= 0.6 is 0 Å². The normalized spacial score (nSPS) is 18.8. The van der Waals surface area contributed by atoms with Crippen LogP contribution in [0.2, 0.25) is 0 Å². The fraction of sp³-hybridized carbons (Fsp3) is 0.344. The molecule has 2 aliphatic rings. The van der Waals surface area contributed by atoms with E-state index in [-0.39, 0.29) is 19.1 Å². The minimum atomic E-state index is -1.33. The Balaban J connectivity index is 1.18. The molecule has 1 fully saturated rings. The zero-order valence-corrected chi connectivity index (χ0v) is 23.0. The van der Waals surface area contributed by atoms with Crippen LogP contribution in [-0.2, 0) is 20.9 Å². The maximum atomic E-state index is 13.3. The van der Waals surface area contributed by atoms with Gasteiger partial charge in [0.2, 0.25) is 5.91 Å². The molecule has 1 saturated heterocycles. The van der Waals surface area contributed by atoms with Gasteiger partial charge in [-0.05, 0) is 34.2 Å². The number of carboxylic acids is 1. The minimum Gasteiger partial charge on any atom is -0.481 e. The number of fused-ring (bicyclic) bond motifs is 3. The second kappa shape index (κ2) is 12.1. The number of carboxylic acid groups (broad SMARTS) is 1. The van der Waals surface area contributed by atoms with E-state index in [4.69, 9.17) is 4.74 Å². The molecule has 3 aromatic rings. The number of benzene rings is 3. The van der Waals surface area contributed by atoms with Crippen LogP contribution in [0.25, 0.3) is 11.1 Å². The van der Waals surface area contributed by atoms with Gasteiger partial charge in [0.25, 0.3) is 0 Å². The van der Waals surface area contributed by atoms with E-state index >= 15 is 0 Å². The van der Waals surface area contributed by atoms with Gasteiger partial charge in [0, 0.05) is 32.6 Å². The van der Waals surface area contributed by atoms with Crippen LogP contribution in [0.1, 0.15) is 35.4 Å². The van der Waals surface area contributed by atoms with Gasteiger partial charge in [0.15, 0.2) is 0 Å². The molecular weight excluding hydrogens is 522 g/mol. The SMILES string of the molecule is CN(CC1(O)CCN(Cc2ccccc2)C1)C(=O)C(CC(=O)O)NC(=O)OCC1c2ccccc2-c2ccccc21. The molecule has 3 aromatic carbocycles. The number of rotatable bonds is 10. The largest absolute Gasteiger partial charge is 0.481 e. The lowest BCUT2D eigenvalue weighted by atomic mass is 9.98. The third-order valence-corrected chi connectivity index (χ3v) is 7.88. The van der Waals surface area contributed by atoms with Crippen LogP contribution in [0.4, 0.5) is 4.79 Å². The van der Waals surface area contributed by atoms with E-state index < -0.39 is 36.0 Å². The monoisotopic (exact) mass is 557 g/mol. The molecule has 1 heterocycles. The van der Waals surface area contributed by atoms with E-state index in [1.54, 1.807) is 0 Å². The van der Waals surface area contributed by atoms with Crippen molar-refractivity contribution in [1.29, 1.82) is 0 Å². The van der Waals surface area contributed by atoms with Crippen molar-refractivity contribution in [2.75, 3.05) is 33.3 Å². The van der Waals surface area contributed by atoms with Gasteiger partial charge in [-0.3, -0.25) is 14.5 Å². The summed E-state index contributed by atoms with van der Waals surface area (Å²) in [5.41, 5.74) is 4.26. The molecule has 2 unspecified atom stereocenters. The maximum Gasteiger partial charge on any atom is 0.407 e. The van der Waals surface area contributed by atoms with Crippen molar-refractivity contribution in [2.24, 2.45) is 0 Å². The number of nitrogens with zero attached hydrogens (tertiary/aromatic N) is 2. The third kappa shape index (κ3) is 6.58. The van der Waals surface area contributed by atoms with Crippen LogP contribution < -0.4 is 5.32 Å². The van der Waals surface area contributed by atoms with E-state index in [9.17, 15) is 24.6 Å². The summed E-state index contributed by atoms with van der Waals surface area (Å²) in [5.74, 6) is -2.00. The average Bonchev–Trinajstić information content (AvgIpc) is 3.48. The fourth-order valence-electron chi connectivity index (χ4n) is 5.99. The highest BCUT2D eigenvalue weighted by Crippen LogP contribution is 2.44. The van der Waals surface area contributed by atoms with E-state index in [0.717, 1.165) is 27.8 Å². The molecule has 41 heavy (non-hydrogen) atoms. The van der Waals surface area contributed by atoms with Gasteiger partial charge in [-0.25, -0.2) is 4.79 Å². The summed E-state index contributed by atoms with van der Waals surface area (Å²) in [6, 6.07) is 24.5. The van der Waals surface area contributed by atoms with E-state index in [1.807, 2.05) is 78.9 Å². The number of carbonyl (C=O) groups is 3.